The lowest BCUT2D eigenvalue weighted by molar-refractivity contribution is 0.120. The molecule has 3 aromatic rings. The van der Waals surface area contributed by atoms with Gasteiger partial charge >= 0.3 is 0 Å². The Labute approximate surface area is 180 Å². The molecule has 1 aromatic carbocycles. The standard InChI is InChI=1S/C22H25ClN4OS/c1-17-25-21(16-29-17)14-27-9-7-26(8-10-27)13-19-11-20(23)4-5-22(19)28-15-18-3-2-6-24-12-18/h2-6,11-12,16H,7-10,13-15H2,1H3. The second-order valence-corrected chi connectivity index (χ2v) is 8.81. The van der Waals surface area contributed by atoms with E-state index in [1.807, 2.05) is 36.5 Å². The predicted octanol–water partition coefficient (Wildman–Crippen LogP) is 4.40. The Balaban J connectivity index is 1.33. The summed E-state index contributed by atoms with van der Waals surface area (Å²) < 4.78 is 6.08. The molecule has 4 rings (SSSR count). The first-order chi connectivity index (χ1) is 14.2. The van der Waals surface area contributed by atoms with E-state index in [2.05, 4.69) is 32.1 Å². The molecule has 7 heteroatoms. The highest BCUT2D eigenvalue weighted by atomic mass is 35.5. The molecule has 0 N–H and O–H groups in total. The van der Waals surface area contributed by atoms with E-state index in [0.29, 0.717) is 6.61 Å². The van der Waals surface area contributed by atoms with Crippen molar-refractivity contribution in [3.05, 3.63) is 75.0 Å². The molecule has 0 aliphatic carbocycles. The lowest BCUT2D eigenvalue weighted by atomic mass is 10.1. The molecule has 1 fully saturated rings. The number of benzene rings is 1. The summed E-state index contributed by atoms with van der Waals surface area (Å²) in [6.07, 6.45) is 3.60. The van der Waals surface area contributed by atoms with Gasteiger partial charge in [-0.15, -0.1) is 11.3 Å². The number of rotatable bonds is 7. The Kier molecular flexibility index (Phi) is 6.77. The van der Waals surface area contributed by atoms with Crippen LogP contribution in [0, 0.1) is 6.92 Å². The zero-order chi connectivity index (χ0) is 20.1. The quantitative estimate of drug-likeness (QED) is 0.558. The Hall–Kier alpha value is -1.99. The minimum Gasteiger partial charge on any atom is -0.489 e. The smallest absolute Gasteiger partial charge is 0.124 e. The number of piperazine rings is 1. The second kappa shape index (κ2) is 9.67. The third-order valence-electron chi connectivity index (χ3n) is 5.05. The Morgan fingerprint density at radius 1 is 1.10 bits per heavy atom. The fraction of sp³-hybridized carbons (Fsp3) is 0.364. The van der Waals surface area contributed by atoms with E-state index < -0.39 is 0 Å². The predicted molar refractivity (Wildman–Crippen MR) is 117 cm³/mol. The van der Waals surface area contributed by atoms with Crippen molar-refractivity contribution in [1.29, 1.82) is 0 Å². The van der Waals surface area contributed by atoms with Gasteiger partial charge in [0.15, 0.2) is 0 Å². The highest BCUT2D eigenvalue weighted by Gasteiger charge is 2.19. The first kappa shape index (κ1) is 20.3. The number of halogens is 1. The molecule has 5 nitrogen and oxygen atoms in total. The van der Waals surface area contributed by atoms with Crippen LogP contribution in [0.4, 0.5) is 0 Å². The number of aromatic nitrogens is 2. The lowest BCUT2D eigenvalue weighted by Crippen LogP contribution is -2.45. The normalized spacial score (nSPS) is 15.5. The van der Waals surface area contributed by atoms with E-state index >= 15 is 0 Å². The minimum atomic E-state index is 0.503. The van der Waals surface area contributed by atoms with Gasteiger partial charge in [-0.25, -0.2) is 4.98 Å². The first-order valence-electron chi connectivity index (χ1n) is 9.81. The number of pyridine rings is 1. The van der Waals surface area contributed by atoms with Gasteiger partial charge in [0.05, 0.1) is 10.7 Å². The van der Waals surface area contributed by atoms with Crippen molar-refractivity contribution in [3.63, 3.8) is 0 Å². The molecule has 0 unspecified atom stereocenters. The lowest BCUT2D eigenvalue weighted by Gasteiger charge is -2.34. The van der Waals surface area contributed by atoms with Gasteiger partial charge in [0.1, 0.15) is 12.4 Å². The van der Waals surface area contributed by atoms with E-state index in [1.54, 1.807) is 17.5 Å². The van der Waals surface area contributed by atoms with Crippen LogP contribution in [0.25, 0.3) is 0 Å². The van der Waals surface area contributed by atoms with Crippen molar-refractivity contribution >= 4 is 22.9 Å². The summed E-state index contributed by atoms with van der Waals surface area (Å²) in [5.41, 5.74) is 3.37. The summed E-state index contributed by atoms with van der Waals surface area (Å²) in [6, 6.07) is 9.82. The van der Waals surface area contributed by atoms with Gasteiger partial charge in [-0.05, 0) is 31.2 Å². The van der Waals surface area contributed by atoms with Crippen LogP contribution in [0.1, 0.15) is 21.8 Å². The number of ether oxygens (including phenoxy) is 1. The number of aryl methyl sites for hydroxylation is 1. The van der Waals surface area contributed by atoms with Crippen molar-refractivity contribution in [2.75, 3.05) is 26.2 Å². The zero-order valence-electron chi connectivity index (χ0n) is 16.6. The number of nitrogens with zero attached hydrogens (tertiary/aromatic N) is 4. The van der Waals surface area contributed by atoms with Crippen molar-refractivity contribution in [2.24, 2.45) is 0 Å². The molecule has 0 amide bonds. The van der Waals surface area contributed by atoms with Gasteiger partial charge < -0.3 is 4.74 Å². The number of hydrogen-bond donors (Lipinski definition) is 0. The maximum Gasteiger partial charge on any atom is 0.124 e. The van der Waals surface area contributed by atoms with Crippen molar-refractivity contribution < 1.29 is 4.74 Å². The molecule has 2 aromatic heterocycles. The molecule has 1 saturated heterocycles. The molecule has 0 atom stereocenters. The van der Waals surface area contributed by atoms with Crippen LogP contribution < -0.4 is 4.74 Å². The third kappa shape index (κ3) is 5.76. The molecular weight excluding hydrogens is 404 g/mol. The van der Waals surface area contributed by atoms with E-state index in [1.165, 1.54) is 5.69 Å². The summed E-state index contributed by atoms with van der Waals surface area (Å²) in [7, 11) is 0. The van der Waals surface area contributed by atoms with Crippen LogP contribution in [-0.2, 0) is 19.7 Å². The van der Waals surface area contributed by atoms with Crippen LogP contribution >= 0.6 is 22.9 Å². The van der Waals surface area contributed by atoms with Crippen molar-refractivity contribution in [2.45, 2.75) is 26.6 Å². The molecule has 152 valence electrons. The van der Waals surface area contributed by atoms with Crippen molar-refractivity contribution in [3.8, 4) is 5.75 Å². The zero-order valence-corrected chi connectivity index (χ0v) is 18.1. The summed E-state index contributed by atoms with van der Waals surface area (Å²) >= 11 is 7.99. The van der Waals surface area contributed by atoms with E-state index in [9.17, 15) is 0 Å². The molecule has 1 aliphatic heterocycles. The summed E-state index contributed by atoms with van der Waals surface area (Å²) in [4.78, 5) is 13.7. The van der Waals surface area contributed by atoms with Crippen LogP contribution in [0.5, 0.6) is 5.75 Å². The van der Waals surface area contributed by atoms with E-state index in [-0.39, 0.29) is 0 Å². The Bertz CT molecular complexity index is 926. The topological polar surface area (TPSA) is 41.5 Å². The van der Waals surface area contributed by atoms with Crippen LogP contribution in [0.2, 0.25) is 5.02 Å². The highest BCUT2D eigenvalue weighted by Crippen LogP contribution is 2.26. The second-order valence-electron chi connectivity index (χ2n) is 7.31. The number of thiazole rings is 1. The third-order valence-corrected chi connectivity index (χ3v) is 6.11. The molecule has 1 aliphatic rings. The molecule has 3 heterocycles. The molecule has 0 saturated carbocycles. The Morgan fingerprint density at radius 2 is 1.90 bits per heavy atom. The van der Waals surface area contributed by atoms with E-state index in [0.717, 1.165) is 66.2 Å². The molecule has 0 radical (unpaired) electrons. The average molecular weight is 429 g/mol. The summed E-state index contributed by atoms with van der Waals surface area (Å²) in [5, 5.41) is 4.05. The molecule has 0 bridgehead atoms. The van der Waals surface area contributed by atoms with Crippen LogP contribution in [-0.4, -0.2) is 45.9 Å². The van der Waals surface area contributed by atoms with Gasteiger partial charge in [-0.1, -0.05) is 17.7 Å². The van der Waals surface area contributed by atoms with Gasteiger partial charge in [0, 0.05) is 73.2 Å². The van der Waals surface area contributed by atoms with Gasteiger partial charge in [-0.2, -0.15) is 0 Å². The van der Waals surface area contributed by atoms with Gasteiger partial charge in [0.2, 0.25) is 0 Å². The monoisotopic (exact) mass is 428 g/mol. The largest absolute Gasteiger partial charge is 0.489 e. The molecular formula is C22H25ClN4OS. The fourth-order valence-corrected chi connectivity index (χ4v) is 4.31. The maximum absolute atomic E-state index is 6.27. The van der Waals surface area contributed by atoms with Crippen LogP contribution in [0.3, 0.4) is 0 Å². The SMILES string of the molecule is Cc1nc(CN2CCN(Cc3cc(Cl)ccc3OCc3cccnc3)CC2)cs1. The highest BCUT2D eigenvalue weighted by molar-refractivity contribution is 7.09. The average Bonchev–Trinajstić information content (AvgIpc) is 3.14. The maximum atomic E-state index is 6.27. The molecule has 0 spiro atoms. The van der Waals surface area contributed by atoms with Crippen molar-refractivity contribution in [1.82, 2.24) is 19.8 Å². The Morgan fingerprint density at radius 3 is 2.59 bits per heavy atom. The van der Waals surface area contributed by atoms with Gasteiger partial charge in [-0.3, -0.25) is 14.8 Å². The van der Waals surface area contributed by atoms with Gasteiger partial charge in [0.25, 0.3) is 0 Å². The summed E-state index contributed by atoms with van der Waals surface area (Å²) in [5.74, 6) is 0.888. The van der Waals surface area contributed by atoms with E-state index in [4.69, 9.17) is 16.3 Å². The van der Waals surface area contributed by atoms with Crippen LogP contribution in [0.15, 0.2) is 48.1 Å². The fourth-order valence-electron chi connectivity index (χ4n) is 3.51. The summed E-state index contributed by atoms with van der Waals surface area (Å²) in [6.45, 7) is 8.48. The number of hydrogen-bond acceptors (Lipinski definition) is 6. The first-order valence-corrected chi connectivity index (χ1v) is 11.1. The molecule has 29 heavy (non-hydrogen) atoms. The minimum absolute atomic E-state index is 0.503.